The van der Waals surface area contributed by atoms with Crippen LogP contribution in [0.15, 0.2) is 78.9 Å². The maximum absolute atomic E-state index is 11.3. The molecule has 0 aliphatic rings. The number of pyridine rings is 2. The second-order valence-corrected chi connectivity index (χ2v) is 7.81. The quantitative estimate of drug-likeness (QED) is 0.320. The Morgan fingerprint density at radius 3 is 1.41 bits per heavy atom. The minimum absolute atomic E-state index is 0. The Bertz CT molecular complexity index is 1320. The van der Waals surface area contributed by atoms with E-state index in [2.05, 4.69) is 9.97 Å². The number of para-hydroxylation sites is 2. The fraction of sp³-hybridized carbons (Fsp3) is 0.143. The molecule has 5 rings (SSSR count). The Labute approximate surface area is 210 Å². The summed E-state index contributed by atoms with van der Waals surface area (Å²) in [6.07, 6.45) is 0. The Morgan fingerprint density at radius 2 is 1.00 bits per heavy atom. The molecule has 0 saturated carbocycles. The maximum Gasteiger partial charge on any atom is 3.00 e. The largest absolute Gasteiger partial charge is 3.00 e. The van der Waals surface area contributed by atoms with Crippen LogP contribution >= 0.6 is 0 Å². The van der Waals surface area contributed by atoms with E-state index in [0.717, 1.165) is 27.7 Å². The molecule has 0 amide bonds. The summed E-state index contributed by atoms with van der Waals surface area (Å²) in [6, 6.07) is 23.1. The first-order valence-corrected chi connectivity index (χ1v) is 10.6. The molecule has 2 heterocycles. The summed E-state index contributed by atoms with van der Waals surface area (Å²) in [5.41, 5.74) is 5.14. The topological polar surface area (TPSA) is 95.0 Å². The number of rotatable bonds is 0. The van der Waals surface area contributed by atoms with E-state index >= 15 is 0 Å². The summed E-state index contributed by atoms with van der Waals surface area (Å²) >= 11 is 0. The number of hydrogen-bond acceptors (Lipinski definition) is 5. The first kappa shape index (κ1) is 26.7. The molecule has 2 aromatic heterocycles. The van der Waals surface area contributed by atoms with E-state index in [-0.39, 0.29) is 34.6 Å². The van der Waals surface area contributed by atoms with E-state index in [0.29, 0.717) is 11.0 Å². The Kier molecular flexibility index (Phi) is 9.44. The van der Waals surface area contributed by atoms with Gasteiger partial charge in [0.1, 0.15) is 0 Å². The molecule has 5 aromatic rings. The van der Waals surface area contributed by atoms with Crippen LogP contribution in [0, 0.1) is 27.7 Å². The van der Waals surface area contributed by atoms with E-state index in [4.69, 9.17) is 0 Å². The third-order valence-corrected chi connectivity index (χ3v) is 5.12. The molecule has 0 bridgehead atoms. The standard InChI is InChI=1S/2C10H9NO.C8H10O.Al/c2*1-7-5-6-8-3-2-4-9(12)10(8)11-7;1-6-3-4-8(9)5-7(6)2;/h2*2-6,12H,1H3;3-5,9H,1-2H3;/q;;;+3/p-3. The SMILES string of the molecule is Cc1ccc([O-])cc1C.Cc1ccc2cccc([O-])c2n1.Cc1ccc2cccc([O-])c2n1.[Al+3]. The van der Waals surface area contributed by atoms with Crippen LogP contribution in [-0.4, -0.2) is 27.3 Å². The van der Waals surface area contributed by atoms with Gasteiger partial charge in [0, 0.05) is 11.4 Å². The van der Waals surface area contributed by atoms with Crippen LogP contribution in [0.1, 0.15) is 22.5 Å². The Morgan fingerprint density at radius 1 is 0.529 bits per heavy atom. The first-order valence-electron chi connectivity index (χ1n) is 10.6. The van der Waals surface area contributed by atoms with Crippen molar-refractivity contribution >= 4 is 39.2 Å². The van der Waals surface area contributed by atoms with E-state index in [9.17, 15) is 15.3 Å². The molecular weight excluding hydrogens is 439 g/mol. The van der Waals surface area contributed by atoms with Crippen LogP contribution in [0.5, 0.6) is 17.2 Å². The predicted octanol–water partition coefficient (Wildman–Crippen LogP) is 4.23. The molecule has 3 aromatic carbocycles. The zero-order chi connectivity index (χ0) is 24.0. The van der Waals surface area contributed by atoms with Gasteiger partial charge < -0.3 is 15.3 Å². The second-order valence-electron chi connectivity index (χ2n) is 7.81. The minimum atomic E-state index is -0.00352. The number of fused-ring (bicyclic) bond motifs is 2. The molecule has 0 unspecified atom stereocenters. The van der Waals surface area contributed by atoms with Crippen LogP contribution in [-0.2, 0) is 0 Å². The van der Waals surface area contributed by atoms with Gasteiger partial charge in [-0.25, -0.2) is 0 Å². The normalized spacial score (nSPS) is 9.88. The first-order chi connectivity index (χ1) is 15.7. The number of hydrogen-bond donors (Lipinski definition) is 0. The van der Waals surface area contributed by atoms with Crippen molar-refractivity contribution in [2.24, 2.45) is 0 Å². The molecular formula is C28H25AlN2O3. The number of benzene rings is 3. The van der Waals surface area contributed by atoms with Crippen molar-refractivity contribution in [2.75, 3.05) is 0 Å². The van der Waals surface area contributed by atoms with Crippen molar-refractivity contribution in [3.63, 3.8) is 0 Å². The van der Waals surface area contributed by atoms with E-state index in [1.807, 2.05) is 70.2 Å². The summed E-state index contributed by atoms with van der Waals surface area (Å²) in [5, 5.41) is 35.0. The molecule has 0 saturated heterocycles. The molecule has 34 heavy (non-hydrogen) atoms. The van der Waals surface area contributed by atoms with Crippen molar-refractivity contribution in [3.05, 3.63) is 101 Å². The van der Waals surface area contributed by atoms with Gasteiger partial charge in [0.25, 0.3) is 0 Å². The smallest absolute Gasteiger partial charge is 0.872 e. The molecule has 0 atom stereocenters. The molecule has 0 spiro atoms. The van der Waals surface area contributed by atoms with Gasteiger partial charge in [-0.15, -0.1) is 5.75 Å². The van der Waals surface area contributed by atoms with Crippen molar-refractivity contribution in [3.8, 4) is 17.2 Å². The van der Waals surface area contributed by atoms with Crippen LogP contribution in [0.25, 0.3) is 21.8 Å². The van der Waals surface area contributed by atoms with Gasteiger partial charge in [-0.2, -0.15) is 0 Å². The molecule has 0 radical (unpaired) electrons. The second kappa shape index (κ2) is 12.0. The third kappa shape index (κ3) is 6.95. The van der Waals surface area contributed by atoms with E-state index in [1.54, 1.807) is 24.3 Å². The van der Waals surface area contributed by atoms with Crippen molar-refractivity contribution in [2.45, 2.75) is 27.7 Å². The van der Waals surface area contributed by atoms with Gasteiger partial charge in [-0.1, -0.05) is 78.2 Å². The van der Waals surface area contributed by atoms with Crippen LogP contribution in [0.4, 0.5) is 0 Å². The minimum Gasteiger partial charge on any atom is -0.872 e. The van der Waals surface area contributed by atoms with Gasteiger partial charge in [0.2, 0.25) is 0 Å². The molecule has 168 valence electrons. The summed E-state index contributed by atoms with van der Waals surface area (Å²) in [6.45, 7) is 7.70. The number of aromatic nitrogens is 2. The maximum atomic E-state index is 11.3. The van der Waals surface area contributed by atoms with Crippen LogP contribution in [0.2, 0.25) is 0 Å². The zero-order valence-corrected chi connectivity index (χ0v) is 20.9. The fourth-order valence-electron chi connectivity index (χ4n) is 3.15. The predicted molar refractivity (Wildman–Crippen MR) is 133 cm³/mol. The Hall–Kier alpha value is -3.59. The molecule has 0 aliphatic carbocycles. The fourth-order valence-corrected chi connectivity index (χ4v) is 3.15. The van der Waals surface area contributed by atoms with Gasteiger partial charge in [0.15, 0.2) is 0 Å². The van der Waals surface area contributed by atoms with Crippen molar-refractivity contribution < 1.29 is 15.3 Å². The molecule has 0 fully saturated rings. The summed E-state index contributed by atoms with van der Waals surface area (Å²) < 4.78 is 0. The molecule has 6 heteroatoms. The summed E-state index contributed by atoms with van der Waals surface area (Å²) in [5.74, 6) is 0.0884. The summed E-state index contributed by atoms with van der Waals surface area (Å²) in [7, 11) is 0. The number of aryl methyl sites for hydroxylation is 4. The number of nitrogens with zero attached hydrogens (tertiary/aromatic N) is 2. The zero-order valence-electron chi connectivity index (χ0n) is 19.7. The van der Waals surface area contributed by atoms with E-state index < -0.39 is 0 Å². The average molecular weight is 465 g/mol. The van der Waals surface area contributed by atoms with Gasteiger partial charge >= 0.3 is 17.4 Å². The summed E-state index contributed by atoms with van der Waals surface area (Å²) in [4.78, 5) is 8.33. The van der Waals surface area contributed by atoms with Gasteiger partial charge in [-0.05, 0) is 61.7 Å². The van der Waals surface area contributed by atoms with Crippen LogP contribution in [0.3, 0.4) is 0 Å². The van der Waals surface area contributed by atoms with E-state index in [1.165, 1.54) is 17.7 Å². The van der Waals surface area contributed by atoms with Crippen molar-refractivity contribution in [1.29, 1.82) is 0 Å². The molecule has 5 nitrogen and oxygen atoms in total. The monoisotopic (exact) mass is 464 g/mol. The van der Waals surface area contributed by atoms with Gasteiger partial charge in [0.05, 0.1) is 11.0 Å². The van der Waals surface area contributed by atoms with Crippen molar-refractivity contribution in [1.82, 2.24) is 9.97 Å². The molecule has 0 N–H and O–H groups in total. The van der Waals surface area contributed by atoms with Gasteiger partial charge in [-0.3, -0.25) is 9.97 Å². The average Bonchev–Trinajstić information content (AvgIpc) is 2.79. The van der Waals surface area contributed by atoms with Crippen LogP contribution < -0.4 is 15.3 Å². The Balaban J connectivity index is 0.000000180. The third-order valence-electron chi connectivity index (χ3n) is 5.12. The molecule has 0 aliphatic heterocycles.